The zero-order valence-electron chi connectivity index (χ0n) is 29.1. The van der Waals surface area contributed by atoms with E-state index in [1.165, 1.54) is 36.9 Å². The molecule has 0 aliphatic rings. The van der Waals surface area contributed by atoms with Gasteiger partial charge in [0.15, 0.2) is 11.6 Å². The van der Waals surface area contributed by atoms with E-state index in [9.17, 15) is 32.3 Å². The smallest absolute Gasteiger partial charge is 0.360 e. The zero-order chi connectivity index (χ0) is 38.0. The minimum absolute atomic E-state index is 0.0455. The van der Waals surface area contributed by atoms with E-state index in [-0.39, 0.29) is 40.1 Å². The average molecular weight is 716 g/mol. The molecule has 0 bridgehead atoms. The highest BCUT2D eigenvalue weighted by Gasteiger charge is 2.32. The Hall–Kier alpha value is -6.56. The van der Waals surface area contributed by atoms with Gasteiger partial charge in [0.1, 0.15) is 5.69 Å². The SMILES string of the molecule is Cc1cc(C(=O)c2c[nH]c3ccccc3c2=O)cnc1C.Cc1cc(C(=O)c2cn(Cc3cccc(C(F)(F)F)n3)c3ccccc3c2=O)cnc1C. The highest BCUT2D eigenvalue weighted by Crippen LogP contribution is 2.28. The van der Waals surface area contributed by atoms with Crippen molar-refractivity contribution in [3.05, 3.63) is 180 Å². The summed E-state index contributed by atoms with van der Waals surface area (Å²) in [7, 11) is 0. The van der Waals surface area contributed by atoms with Crippen LogP contribution in [0.5, 0.6) is 0 Å². The van der Waals surface area contributed by atoms with Gasteiger partial charge in [0.2, 0.25) is 10.9 Å². The Morgan fingerprint density at radius 3 is 1.91 bits per heavy atom. The zero-order valence-corrected chi connectivity index (χ0v) is 29.1. The molecule has 0 radical (unpaired) electrons. The third kappa shape index (κ3) is 7.57. The average Bonchev–Trinajstić information content (AvgIpc) is 3.15. The molecule has 53 heavy (non-hydrogen) atoms. The molecule has 2 aromatic carbocycles. The predicted octanol–water partition coefficient (Wildman–Crippen LogP) is 7.48. The summed E-state index contributed by atoms with van der Waals surface area (Å²) in [5, 5.41) is 0.808. The van der Waals surface area contributed by atoms with Crippen LogP contribution in [0.2, 0.25) is 0 Å². The number of hydrogen-bond acceptors (Lipinski definition) is 7. The molecular formula is C41H32F3N5O4. The summed E-state index contributed by atoms with van der Waals surface area (Å²) in [5.74, 6) is -0.806. The van der Waals surface area contributed by atoms with Crippen molar-refractivity contribution in [1.82, 2.24) is 24.5 Å². The summed E-state index contributed by atoms with van der Waals surface area (Å²) in [6.45, 7) is 7.36. The van der Waals surface area contributed by atoms with Crippen molar-refractivity contribution in [2.24, 2.45) is 0 Å². The van der Waals surface area contributed by atoms with Gasteiger partial charge in [-0.05, 0) is 87.4 Å². The maximum atomic E-state index is 13.1. The number of para-hydroxylation sites is 2. The molecule has 9 nitrogen and oxygen atoms in total. The molecule has 0 atom stereocenters. The Morgan fingerprint density at radius 2 is 1.28 bits per heavy atom. The first kappa shape index (κ1) is 36.2. The first-order valence-corrected chi connectivity index (χ1v) is 16.4. The molecule has 0 spiro atoms. The van der Waals surface area contributed by atoms with Crippen molar-refractivity contribution in [3.63, 3.8) is 0 Å². The number of carbonyl (C=O) groups excluding carboxylic acids is 2. The number of ketones is 2. The van der Waals surface area contributed by atoms with E-state index in [0.717, 1.165) is 34.1 Å². The fraction of sp³-hybridized carbons (Fsp3) is 0.146. The molecule has 0 fully saturated rings. The second-order valence-corrected chi connectivity index (χ2v) is 12.5. The number of nitrogens with zero attached hydrogens (tertiary/aromatic N) is 4. The van der Waals surface area contributed by atoms with Crippen molar-refractivity contribution in [2.75, 3.05) is 0 Å². The van der Waals surface area contributed by atoms with Crippen LogP contribution in [0.4, 0.5) is 13.2 Å². The number of carbonyl (C=O) groups is 2. The molecule has 1 N–H and O–H groups in total. The standard InChI is InChI=1S/C24H18F3N3O2.C17H14N2O2/c1-14-10-16(11-28-15(14)2)22(31)19-13-30(20-8-4-3-7-18(20)23(19)32)12-17-6-5-9-21(29-17)24(25,26)27;1-10-7-12(8-18-11(10)2)16(20)14-9-19-15-6-4-3-5-13(15)17(14)21/h3-11,13H,12H2,1-2H3;3-9H,1-2H3,(H,19,21). The largest absolute Gasteiger partial charge is 0.433 e. The number of H-pyrrole nitrogens is 1. The number of benzene rings is 2. The van der Waals surface area contributed by atoms with E-state index in [1.807, 2.05) is 39.8 Å². The first-order valence-electron chi connectivity index (χ1n) is 16.4. The van der Waals surface area contributed by atoms with Gasteiger partial charge in [0.05, 0.1) is 28.9 Å². The molecule has 5 heterocycles. The van der Waals surface area contributed by atoms with Gasteiger partial charge in [0, 0.05) is 63.6 Å². The molecule has 0 amide bonds. The molecule has 0 unspecified atom stereocenters. The number of aromatic nitrogens is 5. The lowest BCUT2D eigenvalue weighted by molar-refractivity contribution is -0.141. The van der Waals surface area contributed by atoms with E-state index < -0.39 is 23.1 Å². The van der Waals surface area contributed by atoms with Gasteiger partial charge in [-0.25, -0.2) is 4.98 Å². The number of halogens is 3. The molecule has 266 valence electrons. The van der Waals surface area contributed by atoms with Crippen molar-refractivity contribution in [3.8, 4) is 0 Å². The molecule has 12 heteroatoms. The van der Waals surface area contributed by atoms with E-state index in [0.29, 0.717) is 21.9 Å². The molecular weight excluding hydrogens is 683 g/mol. The van der Waals surface area contributed by atoms with Crippen LogP contribution >= 0.6 is 0 Å². The third-order valence-electron chi connectivity index (χ3n) is 8.90. The number of pyridine rings is 5. The number of fused-ring (bicyclic) bond motifs is 2. The molecule has 0 saturated heterocycles. The summed E-state index contributed by atoms with van der Waals surface area (Å²) in [6, 6.07) is 20.9. The van der Waals surface area contributed by atoms with Crippen molar-refractivity contribution in [2.45, 2.75) is 40.4 Å². The molecule has 5 aromatic heterocycles. The molecule has 0 aliphatic carbocycles. The van der Waals surface area contributed by atoms with Gasteiger partial charge >= 0.3 is 6.18 Å². The summed E-state index contributed by atoms with van der Waals surface area (Å²) in [4.78, 5) is 66.2. The van der Waals surface area contributed by atoms with Crippen LogP contribution < -0.4 is 10.9 Å². The van der Waals surface area contributed by atoms with Crippen LogP contribution in [-0.4, -0.2) is 36.1 Å². The Kier molecular flexibility index (Phi) is 9.97. The maximum absolute atomic E-state index is 13.1. The summed E-state index contributed by atoms with van der Waals surface area (Å²) in [5.41, 5.74) is 3.80. The van der Waals surface area contributed by atoms with Gasteiger partial charge in [-0.1, -0.05) is 30.3 Å². The monoisotopic (exact) mass is 715 g/mol. The van der Waals surface area contributed by atoms with Crippen LogP contribution in [0.25, 0.3) is 21.8 Å². The van der Waals surface area contributed by atoms with E-state index in [2.05, 4.69) is 19.9 Å². The summed E-state index contributed by atoms with van der Waals surface area (Å²) in [6.07, 6.45) is 1.21. The second-order valence-electron chi connectivity index (χ2n) is 12.5. The predicted molar refractivity (Wildman–Crippen MR) is 195 cm³/mol. The highest BCUT2D eigenvalue weighted by molar-refractivity contribution is 6.10. The Balaban J connectivity index is 0.000000198. The fourth-order valence-corrected chi connectivity index (χ4v) is 5.72. The summed E-state index contributed by atoms with van der Waals surface area (Å²) >= 11 is 0. The minimum atomic E-state index is -4.57. The maximum Gasteiger partial charge on any atom is 0.433 e. The minimum Gasteiger partial charge on any atom is -0.360 e. The fourth-order valence-electron chi connectivity index (χ4n) is 5.72. The van der Waals surface area contributed by atoms with E-state index >= 15 is 0 Å². The Bertz CT molecular complexity index is 2680. The van der Waals surface area contributed by atoms with Crippen LogP contribution in [-0.2, 0) is 12.7 Å². The number of hydrogen-bond donors (Lipinski definition) is 1. The van der Waals surface area contributed by atoms with Crippen molar-refractivity contribution >= 4 is 33.4 Å². The number of nitrogens with one attached hydrogen (secondary N) is 1. The number of aromatic amines is 1. The van der Waals surface area contributed by atoms with Crippen LogP contribution in [0.15, 0.2) is 113 Å². The lowest BCUT2D eigenvalue weighted by atomic mass is 10.0. The normalized spacial score (nSPS) is 11.3. The molecule has 0 saturated carbocycles. The number of alkyl halides is 3. The molecule has 7 rings (SSSR count). The lowest BCUT2D eigenvalue weighted by Gasteiger charge is -2.14. The molecule has 7 aromatic rings. The van der Waals surface area contributed by atoms with Crippen LogP contribution in [0, 0.1) is 27.7 Å². The summed E-state index contributed by atoms with van der Waals surface area (Å²) < 4.78 is 40.8. The van der Waals surface area contributed by atoms with E-state index in [4.69, 9.17) is 0 Å². The molecule has 0 aliphatic heterocycles. The van der Waals surface area contributed by atoms with Gasteiger partial charge < -0.3 is 9.55 Å². The van der Waals surface area contributed by atoms with Crippen LogP contribution in [0.1, 0.15) is 65.7 Å². The van der Waals surface area contributed by atoms with Gasteiger partial charge in [-0.3, -0.25) is 29.1 Å². The number of aryl methyl sites for hydroxylation is 4. The lowest BCUT2D eigenvalue weighted by Crippen LogP contribution is -2.21. The van der Waals surface area contributed by atoms with Gasteiger partial charge in [-0.2, -0.15) is 13.2 Å². The van der Waals surface area contributed by atoms with Crippen molar-refractivity contribution in [1.29, 1.82) is 0 Å². The van der Waals surface area contributed by atoms with Gasteiger partial charge in [-0.15, -0.1) is 0 Å². The number of rotatable bonds is 6. The van der Waals surface area contributed by atoms with Crippen LogP contribution in [0.3, 0.4) is 0 Å². The third-order valence-corrected chi connectivity index (χ3v) is 8.90. The second kappa shape index (κ2) is 14.6. The quantitative estimate of drug-likeness (QED) is 0.177. The topological polar surface area (TPSA) is 128 Å². The van der Waals surface area contributed by atoms with Gasteiger partial charge in [0.25, 0.3) is 0 Å². The highest BCUT2D eigenvalue weighted by atomic mass is 19.4. The van der Waals surface area contributed by atoms with Crippen molar-refractivity contribution < 1.29 is 22.8 Å². The van der Waals surface area contributed by atoms with E-state index in [1.54, 1.807) is 53.1 Å². The first-order chi connectivity index (χ1) is 25.2. The Labute approximate surface area is 300 Å². The Morgan fingerprint density at radius 1 is 0.717 bits per heavy atom.